The second kappa shape index (κ2) is 6.05. The average Bonchev–Trinajstić information content (AvgIpc) is 2.64. The van der Waals surface area contributed by atoms with E-state index in [1.165, 1.54) is 4.90 Å². The number of Topliss-reactive ketones (excluding diaryl/α,β-unsaturated/α-hetero) is 1. The smallest absolute Gasteiger partial charge is 0.303 e. The van der Waals surface area contributed by atoms with Crippen molar-refractivity contribution in [3.05, 3.63) is 28.8 Å². The summed E-state index contributed by atoms with van der Waals surface area (Å²) >= 11 is 6.05. The molecule has 1 aromatic carbocycles. The first kappa shape index (κ1) is 14.5. The Hall–Kier alpha value is -1.88. The number of nitrogens with zero attached hydrogens (tertiary/aromatic N) is 1. The monoisotopic (exact) mass is 295 g/mol. The van der Waals surface area contributed by atoms with E-state index in [4.69, 9.17) is 16.7 Å². The molecule has 0 atom stereocenters. The van der Waals surface area contributed by atoms with Crippen molar-refractivity contribution in [2.45, 2.75) is 25.7 Å². The summed E-state index contributed by atoms with van der Waals surface area (Å²) in [5.74, 6) is -1.93. The molecule has 1 aliphatic heterocycles. The van der Waals surface area contributed by atoms with Crippen molar-refractivity contribution in [3.8, 4) is 0 Å². The van der Waals surface area contributed by atoms with E-state index in [1.54, 1.807) is 18.2 Å². The van der Waals surface area contributed by atoms with E-state index in [1.807, 2.05) is 0 Å². The Kier molecular flexibility index (Phi) is 4.39. The summed E-state index contributed by atoms with van der Waals surface area (Å²) in [5.41, 5.74) is 0.815. The molecule has 0 radical (unpaired) electrons. The number of ketones is 1. The number of amides is 1. The van der Waals surface area contributed by atoms with Crippen molar-refractivity contribution < 1.29 is 19.5 Å². The van der Waals surface area contributed by atoms with Gasteiger partial charge in [0.15, 0.2) is 0 Å². The number of halogens is 1. The number of rotatable bonds is 6. The predicted octanol–water partition coefficient (Wildman–Crippen LogP) is 2.51. The molecule has 2 rings (SSSR count). The van der Waals surface area contributed by atoms with Crippen LogP contribution in [0.1, 0.15) is 36.0 Å². The number of carbonyl (C=O) groups excluding carboxylic acids is 2. The van der Waals surface area contributed by atoms with E-state index in [0.29, 0.717) is 42.1 Å². The van der Waals surface area contributed by atoms with Crippen LogP contribution in [0, 0.1) is 0 Å². The summed E-state index contributed by atoms with van der Waals surface area (Å²) in [7, 11) is 0. The lowest BCUT2D eigenvalue weighted by molar-refractivity contribution is -0.137. The van der Waals surface area contributed by atoms with Gasteiger partial charge in [-0.25, -0.2) is 0 Å². The quantitative estimate of drug-likeness (QED) is 0.646. The van der Waals surface area contributed by atoms with Gasteiger partial charge in [0.05, 0.1) is 16.3 Å². The van der Waals surface area contributed by atoms with Gasteiger partial charge in [0.25, 0.3) is 11.7 Å². The molecule has 1 amide bonds. The van der Waals surface area contributed by atoms with Gasteiger partial charge >= 0.3 is 5.97 Å². The summed E-state index contributed by atoms with van der Waals surface area (Å²) in [4.78, 5) is 35.5. The van der Waals surface area contributed by atoms with Crippen LogP contribution in [0.5, 0.6) is 0 Å². The first-order valence-electron chi connectivity index (χ1n) is 6.39. The van der Waals surface area contributed by atoms with Crippen molar-refractivity contribution in [3.63, 3.8) is 0 Å². The molecule has 0 fully saturated rings. The van der Waals surface area contributed by atoms with E-state index in [9.17, 15) is 14.4 Å². The molecule has 0 aliphatic carbocycles. The van der Waals surface area contributed by atoms with Gasteiger partial charge in [-0.3, -0.25) is 14.4 Å². The van der Waals surface area contributed by atoms with Crippen LogP contribution >= 0.6 is 11.6 Å². The van der Waals surface area contributed by atoms with Crippen LogP contribution in [-0.2, 0) is 9.59 Å². The number of anilines is 1. The first-order chi connectivity index (χ1) is 9.52. The number of carbonyl (C=O) groups is 3. The van der Waals surface area contributed by atoms with Crippen LogP contribution in [0.2, 0.25) is 5.02 Å². The average molecular weight is 296 g/mol. The first-order valence-corrected chi connectivity index (χ1v) is 6.76. The SMILES string of the molecule is O=C(O)CCCCCN1C(=O)C(=O)c2cccc(Cl)c21. The molecule has 0 bridgehead atoms. The Labute approximate surface area is 121 Å². The van der Waals surface area contributed by atoms with Crippen molar-refractivity contribution in [1.82, 2.24) is 0 Å². The molecule has 1 N–H and O–H groups in total. The van der Waals surface area contributed by atoms with E-state index in [0.717, 1.165) is 0 Å². The van der Waals surface area contributed by atoms with Crippen molar-refractivity contribution in [2.24, 2.45) is 0 Å². The molecule has 0 saturated carbocycles. The summed E-state index contributed by atoms with van der Waals surface area (Å²) in [5, 5.41) is 8.92. The van der Waals surface area contributed by atoms with E-state index < -0.39 is 17.7 Å². The fourth-order valence-electron chi connectivity index (χ4n) is 2.25. The molecule has 106 valence electrons. The molecule has 0 aromatic heterocycles. The summed E-state index contributed by atoms with van der Waals surface area (Å²) in [6.07, 6.45) is 1.99. The number of aliphatic carboxylic acids is 1. The van der Waals surface area contributed by atoms with Crippen LogP contribution in [0.4, 0.5) is 5.69 Å². The minimum Gasteiger partial charge on any atom is -0.481 e. The van der Waals surface area contributed by atoms with E-state index >= 15 is 0 Å². The third kappa shape index (κ3) is 2.82. The molecule has 1 heterocycles. The van der Waals surface area contributed by atoms with Gasteiger partial charge in [0.2, 0.25) is 0 Å². The lowest BCUT2D eigenvalue weighted by Crippen LogP contribution is -2.30. The topological polar surface area (TPSA) is 74.7 Å². The predicted molar refractivity (Wildman–Crippen MR) is 74.2 cm³/mol. The van der Waals surface area contributed by atoms with Crippen LogP contribution in [-0.4, -0.2) is 29.3 Å². The molecular formula is C14H14ClNO4. The molecule has 6 heteroatoms. The number of benzene rings is 1. The summed E-state index contributed by atoms with van der Waals surface area (Å²) < 4.78 is 0. The Balaban J connectivity index is 2.01. The Morgan fingerprint density at radius 2 is 1.95 bits per heavy atom. The Bertz CT molecular complexity index is 570. The maximum atomic E-state index is 11.9. The van der Waals surface area contributed by atoms with Crippen LogP contribution in [0.15, 0.2) is 18.2 Å². The number of hydrogen-bond donors (Lipinski definition) is 1. The number of hydrogen-bond acceptors (Lipinski definition) is 3. The number of fused-ring (bicyclic) bond motifs is 1. The molecule has 5 nitrogen and oxygen atoms in total. The molecule has 0 saturated heterocycles. The molecule has 1 aliphatic rings. The molecular weight excluding hydrogens is 282 g/mol. The molecule has 20 heavy (non-hydrogen) atoms. The van der Waals surface area contributed by atoms with Crippen molar-refractivity contribution in [2.75, 3.05) is 11.4 Å². The highest BCUT2D eigenvalue weighted by atomic mass is 35.5. The zero-order valence-corrected chi connectivity index (χ0v) is 11.5. The highest BCUT2D eigenvalue weighted by Gasteiger charge is 2.36. The fraction of sp³-hybridized carbons (Fsp3) is 0.357. The van der Waals surface area contributed by atoms with Crippen LogP contribution in [0.3, 0.4) is 0 Å². The Morgan fingerprint density at radius 3 is 2.65 bits per heavy atom. The highest BCUT2D eigenvalue weighted by molar-refractivity contribution is 6.54. The lowest BCUT2D eigenvalue weighted by Gasteiger charge is -2.17. The number of carboxylic acids is 1. The third-order valence-electron chi connectivity index (χ3n) is 3.21. The standard InChI is InChI=1S/C14H14ClNO4/c15-10-6-4-5-9-12(10)16(14(20)13(9)19)8-3-1-2-7-11(17)18/h4-6H,1-3,7-8H2,(H,17,18). The minimum absolute atomic E-state index is 0.115. The zero-order chi connectivity index (χ0) is 14.7. The van der Waals surface area contributed by atoms with Gasteiger partial charge in [-0.1, -0.05) is 24.1 Å². The number of para-hydroxylation sites is 1. The van der Waals surface area contributed by atoms with Crippen molar-refractivity contribution >= 4 is 34.9 Å². The highest BCUT2D eigenvalue weighted by Crippen LogP contribution is 2.35. The van der Waals surface area contributed by atoms with Gasteiger partial charge in [0.1, 0.15) is 0 Å². The molecule has 0 spiro atoms. The summed E-state index contributed by atoms with van der Waals surface area (Å²) in [6.45, 7) is 0.376. The van der Waals surface area contributed by atoms with Gasteiger partial charge < -0.3 is 10.0 Å². The van der Waals surface area contributed by atoms with Gasteiger partial charge in [-0.05, 0) is 25.0 Å². The number of carboxylic acid groups (broad SMARTS) is 1. The fourth-order valence-corrected chi connectivity index (χ4v) is 2.53. The van der Waals surface area contributed by atoms with Gasteiger partial charge in [-0.2, -0.15) is 0 Å². The minimum atomic E-state index is -0.828. The van der Waals surface area contributed by atoms with Gasteiger partial charge in [-0.15, -0.1) is 0 Å². The van der Waals surface area contributed by atoms with Crippen LogP contribution in [0.25, 0.3) is 0 Å². The third-order valence-corrected chi connectivity index (χ3v) is 3.52. The van der Waals surface area contributed by atoms with E-state index in [2.05, 4.69) is 0 Å². The largest absolute Gasteiger partial charge is 0.481 e. The van der Waals surface area contributed by atoms with Gasteiger partial charge in [0, 0.05) is 13.0 Å². The lowest BCUT2D eigenvalue weighted by atomic mass is 10.1. The van der Waals surface area contributed by atoms with E-state index in [-0.39, 0.29) is 6.42 Å². The molecule has 0 unspecified atom stereocenters. The van der Waals surface area contributed by atoms with Crippen LogP contribution < -0.4 is 4.90 Å². The summed E-state index contributed by atoms with van der Waals surface area (Å²) in [6, 6.07) is 4.87. The second-order valence-corrected chi connectivity index (χ2v) is 5.03. The van der Waals surface area contributed by atoms with Crippen molar-refractivity contribution in [1.29, 1.82) is 0 Å². The second-order valence-electron chi connectivity index (χ2n) is 4.63. The normalized spacial score (nSPS) is 13.8. The number of unbranched alkanes of at least 4 members (excludes halogenated alkanes) is 2. The maximum Gasteiger partial charge on any atom is 0.303 e. The maximum absolute atomic E-state index is 11.9. The zero-order valence-electron chi connectivity index (χ0n) is 10.8. The Morgan fingerprint density at radius 1 is 1.20 bits per heavy atom. The molecule has 1 aromatic rings.